The molecule has 2 fully saturated rings. The summed E-state index contributed by atoms with van der Waals surface area (Å²) < 4.78 is 21.3. The minimum absolute atomic E-state index is 0.129. The largest absolute Gasteiger partial charge is 0.479 e. The number of carboxylic acids is 1. The molecular formula is C25H46O14. The standard InChI is InChI=1S/C25H46O14/c1-2-3-4-5-6-7-8-9-10-13(27)22(23(34)35)39-25-21(33)19(31)17(29)15(38-25)12-36-24-20(32)18(30)16(28)14(11-26)37-24/h13-22,24-33H,2-12H2,1H3,(H,34,35)/t13-,14?,15?,16+,17+,18+,19+,20?,21?,22+,24-,25+/m1/s1. The van der Waals surface area contributed by atoms with Gasteiger partial charge in [0.15, 0.2) is 18.7 Å². The summed E-state index contributed by atoms with van der Waals surface area (Å²) in [6.45, 7) is 0.860. The summed E-state index contributed by atoms with van der Waals surface area (Å²) in [6.07, 6.45) is -11.5. The first-order valence-corrected chi connectivity index (χ1v) is 13.7. The normalized spacial score (nSPS) is 36.9. The third-order valence-electron chi connectivity index (χ3n) is 7.17. The Hall–Kier alpha value is -1.01. The lowest BCUT2D eigenvalue weighted by molar-refractivity contribution is -0.337. The Balaban J connectivity index is 1.91. The SMILES string of the molecule is CCCCCCCCCC[C@@H](O)[C@H](O[C@@H]1OC(CO[C@@H]2OC(CO)[C@H](O)[C@H](O)C2O)[C@H](O)[C@H](O)C1O)C(=O)O. The molecule has 14 nitrogen and oxygen atoms in total. The van der Waals surface area contributed by atoms with Crippen molar-refractivity contribution in [2.75, 3.05) is 13.2 Å². The van der Waals surface area contributed by atoms with Crippen LogP contribution >= 0.6 is 0 Å². The van der Waals surface area contributed by atoms with E-state index in [4.69, 9.17) is 18.9 Å². The Labute approximate surface area is 227 Å². The predicted molar refractivity (Wildman–Crippen MR) is 132 cm³/mol. The van der Waals surface area contributed by atoms with Crippen molar-refractivity contribution in [3.05, 3.63) is 0 Å². The first-order chi connectivity index (χ1) is 18.5. The van der Waals surface area contributed by atoms with E-state index in [-0.39, 0.29) is 6.42 Å². The maximum atomic E-state index is 11.8. The zero-order valence-electron chi connectivity index (χ0n) is 22.3. The van der Waals surface area contributed by atoms with Gasteiger partial charge in [-0.2, -0.15) is 0 Å². The third kappa shape index (κ3) is 9.80. The van der Waals surface area contributed by atoms with Crippen LogP contribution in [0.4, 0.5) is 0 Å². The molecule has 2 heterocycles. The van der Waals surface area contributed by atoms with Gasteiger partial charge in [0.1, 0.15) is 48.8 Å². The second-order valence-corrected chi connectivity index (χ2v) is 10.3. The Morgan fingerprint density at radius 3 is 1.82 bits per heavy atom. The van der Waals surface area contributed by atoms with Gasteiger partial charge in [-0.3, -0.25) is 0 Å². The molecule has 0 amide bonds. The van der Waals surface area contributed by atoms with E-state index < -0.39 is 92.8 Å². The highest BCUT2D eigenvalue weighted by Gasteiger charge is 2.48. The van der Waals surface area contributed by atoms with Crippen LogP contribution in [-0.4, -0.2) is 139 Å². The highest BCUT2D eigenvalue weighted by atomic mass is 16.7. The van der Waals surface area contributed by atoms with E-state index in [0.717, 1.165) is 32.1 Å². The summed E-state index contributed by atoms with van der Waals surface area (Å²) >= 11 is 0. The van der Waals surface area contributed by atoms with Gasteiger partial charge in [0.25, 0.3) is 0 Å². The Bertz CT molecular complexity index is 696. The van der Waals surface area contributed by atoms with Gasteiger partial charge in [0, 0.05) is 0 Å². The fourth-order valence-corrected chi connectivity index (χ4v) is 4.66. The first-order valence-electron chi connectivity index (χ1n) is 13.7. The molecule has 2 saturated heterocycles. The zero-order valence-corrected chi connectivity index (χ0v) is 22.3. The molecule has 230 valence electrons. The Morgan fingerprint density at radius 1 is 0.744 bits per heavy atom. The number of aliphatic hydroxyl groups is 8. The maximum absolute atomic E-state index is 11.8. The number of aliphatic hydroxyl groups excluding tert-OH is 8. The van der Waals surface area contributed by atoms with Gasteiger partial charge in [0.05, 0.1) is 19.3 Å². The highest BCUT2D eigenvalue weighted by molar-refractivity contribution is 5.73. The van der Waals surface area contributed by atoms with E-state index in [0.29, 0.717) is 6.42 Å². The van der Waals surface area contributed by atoms with Gasteiger partial charge in [-0.25, -0.2) is 4.79 Å². The lowest BCUT2D eigenvalue weighted by Gasteiger charge is -2.43. The number of hydrogen-bond donors (Lipinski definition) is 9. The lowest BCUT2D eigenvalue weighted by atomic mass is 9.98. The molecule has 2 aliphatic heterocycles. The zero-order chi connectivity index (χ0) is 29.1. The minimum Gasteiger partial charge on any atom is -0.479 e. The number of rotatable bonds is 17. The van der Waals surface area contributed by atoms with Crippen molar-refractivity contribution in [3.8, 4) is 0 Å². The van der Waals surface area contributed by atoms with Crippen LogP contribution in [0.3, 0.4) is 0 Å². The Morgan fingerprint density at radius 2 is 1.26 bits per heavy atom. The molecule has 0 aromatic heterocycles. The molecule has 0 saturated carbocycles. The monoisotopic (exact) mass is 570 g/mol. The van der Waals surface area contributed by atoms with Crippen LogP contribution in [0.25, 0.3) is 0 Å². The predicted octanol–water partition coefficient (Wildman–Crippen LogP) is -2.03. The van der Waals surface area contributed by atoms with Crippen LogP contribution in [0.1, 0.15) is 64.7 Å². The number of carboxylic acid groups (broad SMARTS) is 1. The fourth-order valence-electron chi connectivity index (χ4n) is 4.66. The molecule has 2 aliphatic rings. The molecule has 12 atom stereocenters. The van der Waals surface area contributed by atoms with E-state index in [9.17, 15) is 50.8 Å². The molecule has 4 unspecified atom stereocenters. The minimum atomic E-state index is -1.86. The molecule has 0 aromatic carbocycles. The summed E-state index contributed by atoms with van der Waals surface area (Å²) in [4.78, 5) is 11.8. The van der Waals surface area contributed by atoms with Gasteiger partial charge >= 0.3 is 5.97 Å². The van der Waals surface area contributed by atoms with Gasteiger partial charge in [-0.1, -0.05) is 58.3 Å². The average Bonchev–Trinajstić information content (AvgIpc) is 2.91. The van der Waals surface area contributed by atoms with Gasteiger partial charge in [-0.05, 0) is 6.42 Å². The van der Waals surface area contributed by atoms with E-state index in [1.807, 2.05) is 0 Å². The van der Waals surface area contributed by atoms with Crippen molar-refractivity contribution in [1.82, 2.24) is 0 Å². The molecule has 0 bridgehead atoms. The molecule has 0 spiro atoms. The molecule has 0 radical (unpaired) electrons. The second-order valence-electron chi connectivity index (χ2n) is 10.3. The van der Waals surface area contributed by atoms with Crippen LogP contribution in [0, 0.1) is 0 Å². The van der Waals surface area contributed by atoms with Crippen molar-refractivity contribution in [2.24, 2.45) is 0 Å². The topological polar surface area (TPSA) is 236 Å². The molecule has 39 heavy (non-hydrogen) atoms. The molecule has 0 aromatic rings. The lowest BCUT2D eigenvalue weighted by Crippen LogP contribution is -2.62. The first kappa shape index (κ1) is 34.2. The number of ether oxygens (including phenoxy) is 4. The van der Waals surface area contributed by atoms with Crippen molar-refractivity contribution in [2.45, 2.75) is 138 Å². The summed E-state index contributed by atoms with van der Waals surface area (Å²) in [5.74, 6) is -1.51. The van der Waals surface area contributed by atoms with Crippen molar-refractivity contribution < 1.29 is 69.7 Å². The number of hydrogen-bond acceptors (Lipinski definition) is 13. The highest BCUT2D eigenvalue weighted by Crippen LogP contribution is 2.27. The van der Waals surface area contributed by atoms with Gasteiger partial charge in [0.2, 0.25) is 0 Å². The number of aliphatic carboxylic acids is 1. The van der Waals surface area contributed by atoms with Crippen molar-refractivity contribution >= 4 is 5.97 Å². The van der Waals surface area contributed by atoms with Gasteiger partial charge in [-0.15, -0.1) is 0 Å². The molecular weight excluding hydrogens is 524 g/mol. The average molecular weight is 571 g/mol. The maximum Gasteiger partial charge on any atom is 0.335 e. The quantitative estimate of drug-likeness (QED) is 0.0858. The summed E-state index contributed by atoms with van der Waals surface area (Å²) in [7, 11) is 0. The smallest absolute Gasteiger partial charge is 0.335 e. The molecule has 2 rings (SSSR count). The molecule has 0 aliphatic carbocycles. The molecule has 14 heteroatoms. The van der Waals surface area contributed by atoms with Crippen LogP contribution in [0.5, 0.6) is 0 Å². The number of unbranched alkanes of at least 4 members (excludes halogenated alkanes) is 7. The summed E-state index contributed by atoms with van der Waals surface area (Å²) in [6, 6.07) is 0. The molecule has 9 N–H and O–H groups in total. The van der Waals surface area contributed by atoms with Crippen molar-refractivity contribution in [3.63, 3.8) is 0 Å². The second kappa shape index (κ2) is 17.1. The third-order valence-corrected chi connectivity index (χ3v) is 7.17. The van der Waals surface area contributed by atoms with Gasteiger partial charge < -0.3 is 64.9 Å². The van der Waals surface area contributed by atoms with E-state index in [1.165, 1.54) is 12.8 Å². The van der Waals surface area contributed by atoms with Crippen LogP contribution in [-0.2, 0) is 23.7 Å². The fraction of sp³-hybridized carbons (Fsp3) is 0.960. The van der Waals surface area contributed by atoms with E-state index in [2.05, 4.69) is 6.92 Å². The summed E-state index contributed by atoms with van der Waals surface area (Å²) in [5, 5.41) is 90.2. The van der Waals surface area contributed by atoms with Crippen LogP contribution in [0.15, 0.2) is 0 Å². The van der Waals surface area contributed by atoms with Crippen molar-refractivity contribution in [1.29, 1.82) is 0 Å². The van der Waals surface area contributed by atoms with Crippen LogP contribution in [0.2, 0.25) is 0 Å². The summed E-state index contributed by atoms with van der Waals surface area (Å²) in [5.41, 5.74) is 0. The Kier molecular flexibility index (Phi) is 15.0. The van der Waals surface area contributed by atoms with Crippen LogP contribution < -0.4 is 0 Å². The number of carbonyl (C=O) groups is 1. The van der Waals surface area contributed by atoms with E-state index in [1.54, 1.807) is 0 Å². The van der Waals surface area contributed by atoms with E-state index >= 15 is 0 Å².